The number of carbonyl (C=O) groups excluding carboxylic acids is 2. The van der Waals surface area contributed by atoms with E-state index >= 15 is 0 Å². The van der Waals surface area contributed by atoms with E-state index < -0.39 is 0 Å². The number of fused-ring (bicyclic) bond motifs is 2. The third-order valence-electron chi connectivity index (χ3n) is 8.19. The van der Waals surface area contributed by atoms with E-state index in [4.69, 9.17) is 4.99 Å². The Labute approximate surface area is 229 Å². The van der Waals surface area contributed by atoms with Crippen molar-refractivity contribution in [2.45, 2.75) is 64.5 Å². The van der Waals surface area contributed by atoms with Gasteiger partial charge < -0.3 is 15.1 Å². The number of carbonyl (C=O) groups is 2. The lowest BCUT2D eigenvalue weighted by Crippen LogP contribution is -2.29. The van der Waals surface area contributed by atoms with Gasteiger partial charge in [-0.2, -0.15) is 0 Å². The fraction of sp³-hybridized carbons (Fsp3) is 0.452. The van der Waals surface area contributed by atoms with Crippen molar-refractivity contribution in [3.8, 4) is 0 Å². The molecule has 4 heterocycles. The number of allylic oxidation sites excluding steroid dienone is 4. The third-order valence-corrected chi connectivity index (χ3v) is 9.09. The van der Waals surface area contributed by atoms with Gasteiger partial charge in [-0.05, 0) is 86.1 Å². The summed E-state index contributed by atoms with van der Waals surface area (Å²) in [6.07, 6.45) is 10.4. The number of Topliss-reactive ketones (excluding diaryl/α,β-unsaturated/α-hetero) is 1. The minimum absolute atomic E-state index is 0.111. The van der Waals surface area contributed by atoms with E-state index in [1.165, 1.54) is 30.8 Å². The monoisotopic (exact) mass is 528 g/mol. The third kappa shape index (κ3) is 5.14. The molecule has 1 aromatic heterocycles. The van der Waals surface area contributed by atoms with Crippen molar-refractivity contribution in [1.29, 1.82) is 0 Å². The number of ketones is 1. The Morgan fingerprint density at radius 1 is 1.13 bits per heavy atom. The van der Waals surface area contributed by atoms with E-state index in [9.17, 15) is 9.59 Å². The second-order valence-electron chi connectivity index (χ2n) is 10.8. The Morgan fingerprint density at radius 2 is 2.00 bits per heavy atom. The SMILES string of the molecule is CCC(Cc1cccs1)N=C1C=CCC(=O)C1=C1Cc2cc3c(cc2N1)CN(CCCN1CCCC1)C3=O. The van der Waals surface area contributed by atoms with Crippen LogP contribution in [0.25, 0.3) is 0 Å². The highest BCUT2D eigenvalue weighted by Gasteiger charge is 2.32. The maximum atomic E-state index is 13.2. The number of thiophene rings is 1. The molecular weight excluding hydrogens is 492 g/mol. The molecule has 1 aromatic carbocycles. The zero-order valence-electron chi connectivity index (χ0n) is 22.2. The topological polar surface area (TPSA) is 65.0 Å². The summed E-state index contributed by atoms with van der Waals surface area (Å²) >= 11 is 1.76. The van der Waals surface area contributed by atoms with Crippen molar-refractivity contribution in [1.82, 2.24) is 9.80 Å². The number of amides is 1. The van der Waals surface area contributed by atoms with Gasteiger partial charge in [-0.1, -0.05) is 19.1 Å². The summed E-state index contributed by atoms with van der Waals surface area (Å²) in [5.41, 5.74) is 6.42. The summed E-state index contributed by atoms with van der Waals surface area (Å²) in [5.74, 6) is 0.254. The van der Waals surface area contributed by atoms with E-state index in [-0.39, 0.29) is 17.7 Å². The molecule has 1 amide bonds. The Bertz CT molecular complexity index is 1320. The van der Waals surface area contributed by atoms with Crippen molar-refractivity contribution < 1.29 is 9.59 Å². The molecule has 4 aliphatic rings. The maximum Gasteiger partial charge on any atom is 0.254 e. The maximum absolute atomic E-state index is 13.2. The summed E-state index contributed by atoms with van der Waals surface area (Å²) in [5, 5.41) is 5.65. The molecule has 2 aromatic rings. The number of benzene rings is 1. The second-order valence-corrected chi connectivity index (χ2v) is 11.9. The number of hydrogen-bond acceptors (Lipinski definition) is 6. The van der Waals surface area contributed by atoms with Gasteiger partial charge in [-0.3, -0.25) is 14.6 Å². The molecule has 1 atom stereocenters. The largest absolute Gasteiger partial charge is 0.358 e. The van der Waals surface area contributed by atoms with Crippen LogP contribution in [0.1, 0.15) is 65.4 Å². The number of likely N-dealkylation sites (tertiary alicyclic amines) is 1. The van der Waals surface area contributed by atoms with E-state index in [0.717, 1.165) is 66.1 Å². The summed E-state index contributed by atoms with van der Waals surface area (Å²) in [4.78, 5) is 37.2. The number of rotatable bonds is 8. The summed E-state index contributed by atoms with van der Waals surface area (Å²) in [6.45, 7) is 7.10. The highest BCUT2D eigenvalue weighted by atomic mass is 32.1. The lowest BCUT2D eigenvalue weighted by atomic mass is 9.93. The molecule has 0 saturated carbocycles. The summed E-state index contributed by atoms with van der Waals surface area (Å²) in [7, 11) is 0. The molecule has 0 spiro atoms. The zero-order valence-corrected chi connectivity index (χ0v) is 23.0. The number of hydrogen-bond donors (Lipinski definition) is 1. The second kappa shape index (κ2) is 11.0. The molecule has 198 valence electrons. The molecule has 0 bridgehead atoms. The van der Waals surface area contributed by atoms with Gasteiger partial charge in [0.05, 0.1) is 17.3 Å². The van der Waals surface area contributed by atoms with Crippen molar-refractivity contribution >= 4 is 34.4 Å². The van der Waals surface area contributed by atoms with Gasteiger partial charge in [-0.25, -0.2) is 0 Å². The molecule has 6 rings (SSSR count). The van der Waals surface area contributed by atoms with E-state index in [2.05, 4.69) is 46.8 Å². The van der Waals surface area contributed by atoms with Gasteiger partial charge in [0.1, 0.15) is 0 Å². The van der Waals surface area contributed by atoms with Crippen LogP contribution in [0.3, 0.4) is 0 Å². The van der Waals surface area contributed by atoms with Crippen LogP contribution in [0.15, 0.2) is 58.1 Å². The lowest BCUT2D eigenvalue weighted by Gasteiger charge is -2.19. The minimum atomic E-state index is 0.111. The molecule has 3 aliphatic heterocycles. The number of anilines is 1. The molecule has 1 N–H and O–H groups in total. The molecule has 0 radical (unpaired) electrons. The molecule has 1 unspecified atom stereocenters. The lowest BCUT2D eigenvalue weighted by molar-refractivity contribution is -0.114. The smallest absolute Gasteiger partial charge is 0.254 e. The van der Waals surface area contributed by atoms with Crippen molar-refractivity contribution in [3.63, 3.8) is 0 Å². The first-order valence-corrected chi connectivity index (χ1v) is 14.9. The summed E-state index contributed by atoms with van der Waals surface area (Å²) < 4.78 is 0. The molecular formula is C31H36N4O2S. The Kier molecular flexibility index (Phi) is 7.30. The van der Waals surface area contributed by atoms with Gasteiger partial charge in [0.25, 0.3) is 5.91 Å². The van der Waals surface area contributed by atoms with E-state index in [1.807, 2.05) is 17.1 Å². The quantitative estimate of drug-likeness (QED) is 0.466. The van der Waals surface area contributed by atoms with Crippen LogP contribution in [0.4, 0.5) is 5.69 Å². The van der Waals surface area contributed by atoms with Gasteiger partial charge in [-0.15, -0.1) is 11.3 Å². The Hall–Kier alpha value is -3.03. The Balaban J connectivity index is 1.19. The fourth-order valence-corrected chi connectivity index (χ4v) is 6.90. The molecule has 1 aliphatic carbocycles. The van der Waals surface area contributed by atoms with E-state index in [0.29, 0.717) is 25.0 Å². The first-order chi connectivity index (χ1) is 18.6. The van der Waals surface area contributed by atoms with Gasteiger partial charge >= 0.3 is 0 Å². The predicted octanol–water partition coefficient (Wildman–Crippen LogP) is 5.40. The van der Waals surface area contributed by atoms with Gasteiger partial charge in [0.15, 0.2) is 5.78 Å². The average molecular weight is 529 g/mol. The van der Waals surface area contributed by atoms with Crippen molar-refractivity contribution in [3.05, 3.63) is 74.6 Å². The van der Waals surface area contributed by atoms with Crippen LogP contribution in [0.5, 0.6) is 0 Å². The zero-order chi connectivity index (χ0) is 26.1. The van der Waals surface area contributed by atoms with Crippen LogP contribution in [-0.4, -0.2) is 59.4 Å². The molecule has 7 heteroatoms. The van der Waals surface area contributed by atoms with Crippen LogP contribution in [0.2, 0.25) is 0 Å². The molecule has 1 saturated heterocycles. The van der Waals surface area contributed by atoms with Crippen LogP contribution < -0.4 is 5.32 Å². The summed E-state index contributed by atoms with van der Waals surface area (Å²) in [6, 6.07) is 8.55. The first-order valence-electron chi connectivity index (χ1n) is 14.1. The fourth-order valence-electron chi connectivity index (χ4n) is 6.12. The predicted molar refractivity (Wildman–Crippen MR) is 154 cm³/mol. The number of aliphatic imine (C=N–C) groups is 1. The Morgan fingerprint density at radius 3 is 2.79 bits per heavy atom. The normalized spacial score (nSPS) is 22.9. The molecule has 1 fully saturated rings. The van der Waals surface area contributed by atoms with Gasteiger partial charge in [0, 0.05) is 54.2 Å². The van der Waals surface area contributed by atoms with Crippen LogP contribution in [0, 0.1) is 0 Å². The average Bonchev–Trinajstić information content (AvgIpc) is 3.72. The number of nitrogens with zero attached hydrogens (tertiary/aromatic N) is 3. The van der Waals surface area contributed by atoms with Crippen molar-refractivity contribution in [2.75, 3.05) is 31.5 Å². The van der Waals surface area contributed by atoms with E-state index in [1.54, 1.807) is 11.3 Å². The minimum Gasteiger partial charge on any atom is -0.358 e. The number of nitrogens with one attached hydrogen (secondary N) is 1. The van der Waals surface area contributed by atoms with Crippen LogP contribution in [-0.2, 0) is 24.2 Å². The highest BCUT2D eigenvalue weighted by Crippen LogP contribution is 2.36. The van der Waals surface area contributed by atoms with Gasteiger partial charge in [0.2, 0.25) is 0 Å². The molecule has 6 nitrogen and oxygen atoms in total. The first kappa shape index (κ1) is 25.3. The highest BCUT2D eigenvalue weighted by molar-refractivity contribution is 7.09. The standard InChI is InChI=1S/C31H36N4O2S/c1-2-23(19-24-8-6-15-38-24)32-26-9-5-10-29(36)30(26)28-17-21-16-25-22(18-27(21)33-28)20-35(31(25)37)14-7-13-34-11-3-4-12-34/h5-6,8-9,15-16,18,23,33H,2-4,7,10-14,17,19-20H2,1H3. The molecule has 38 heavy (non-hydrogen) atoms. The van der Waals surface area contributed by atoms with Crippen molar-refractivity contribution in [2.24, 2.45) is 4.99 Å². The van der Waals surface area contributed by atoms with Crippen LogP contribution >= 0.6 is 11.3 Å².